The van der Waals surface area contributed by atoms with E-state index in [-0.39, 0.29) is 6.61 Å². The monoisotopic (exact) mass is 230 g/mol. The summed E-state index contributed by atoms with van der Waals surface area (Å²) in [5.41, 5.74) is 0. The van der Waals surface area contributed by atoms with Crippen LogP contribution < -0.4 is 0 Å². The molecule has 0 amide bonds. The van der Waals surface area contributed by atoms with Crippen molar-refractivity contribution in [3.05, 3.63) is 0 Å². The molecule has 0 saturated carbocycles. The maximum atomic E-state index is 11.5. The van der Waals surface area contributed by atoms with Gasteiger partial charge in [0.05, 0.1) is 12.3 Å². The SMILES string of the molecule is CCCC(CO)C(O)CP(=O)(O)OF. The summed E-state index contributed by atoms with van der Waals surface area (Å²) in [4.78, 5) is 8.72. The van der Waals surface area contributed by atoms with Crippen LogP contribution in [-0.4, -0.2) is 34.0 Å². The van der Waals surface area contributed by atoms with Crippen molar-refractivity contribution in [1.29, 1.82) is 0 Å². The van der Waals surface area contributed by atoms with Crippen molar-refractivity contribution in [2.24, 2.45) is 5.92 Å². The van der Waals surface area contributed by atoms with Gasteiger partial charge in [0.25, 0.3) is 0 Å². The molecule has 3 unspecified atom stereocenters. The van der Waals surface area contributed by atoms with Gasteiger partial charge in [-0.15, -0.1) is 4.73 Å². The molecule has 0 aromatic carbocycles. The zero-order valence-electron chi connectivity index (χ0n) is 7.97. The fourth-order valence-corrected chi connectivity index (χ4v) is 2.02. The van der Waals surface area contributed by atoms with Gasteiger partial charge >= 0.3 is 7.60 Å². The van der Waals surface area contributed by atoms with Gasteiger partial charge in [-0.1, -0.05) is 13.3 Å². The first-order valence-corrected chi connectivity index (χ1v) is 6.14. The molecule has 0 aromatic heterocycles. The van der Waals surface area contributed by atoms with E-state index in [1.54, 1.807) is 0 Å². The average molecular weight is 230 g/mol. The van der Waals surface area contributed by atoms with Crippen LogP contribution >= 0.6 is 7.60 Å². The summed E-state index contributed by atoms with van der Waals surface area (Å²) in [6, 6.07) is 0. The molecule has 0 rings (SSSR count). The highest BCUT2D eigenvalue weighted by atomic mass is 31.2. The van der Waals surface area contributed by atoms with Crippen LogP contribution in [0.25, 0.3) is 0 Å². The average Bonchev–Trinajstić information content (AvgIpc) is 2.13. The van der Waals surface area contributed by atoms with Gasteiger partial charge in [0.15, 0.2) is 0 Å². The van der Waals surface area contributed by atoms with Gasteiger partial charge in [0.1, 0.15) is 0 Å². The van der Waals surface area contributed by atoms with Crippen LogP contribution in [0.5, 0.6) is 0 Å². The summed E-state index contributed by atoms with van der Waals surface area (Å²) < 4.78 is 25.1. The van der Waals surface area contributed by atoms with E-state index in [1.807, 2.05) is 6.92 Å². The van der Waals surface area contributed by atoms with E-state index in [0.717, 1.165) is 0 Å². The summed E-state index contributed by atoms with van der Waals surface area (Å²) in [7, 11) is -4.35. The van der Waals surface area contributed by atoms with Crippen molar-refractivity contribution >= 4 is 7.60 Å². The Kier molecular flexibility index (Phi) is 6.48. The van der Waals surface area contributed by atoms with Crippen molar-refractivity contribution in [3.63, 3.8) is 0 Å². The molecule has 0 aromatic rings. The second-order valence-electron chi connectivity index (χ2n) is 3.19. The molecule has 3 N–H and O–H groups in total. The lowest BCUT2D eigenvalue weighted by atomic mass is 9.99. The van der Waals surface area contributed by atoms with Crippen LogP contribution in [0.15, 0.2) is 0 Å². The molecule has 7 heteroatoms. The first-order chi connectivity index (χ1) is 6.46. The van der Waals surface area contributed by atoms with Crippen LogP contribution in [0.2, 0.25) is 0 Å². The first-order valence-electron chi connectivity index (χ1n) is 4.38. The molecule has 5 nitrogen and oxygen atoms in total. The smallest absolute Gasteiger partial charge is 0.363 e. The predicted octanol–water partition coefficient (Wildman–Crippen LogP) is 0.842. The minimum Gasteiger partial charge on any atom is -0.396 e. The van der Waals surface area contributed by atoms with E-state index in [4.69, 9.17) is 10.00 Å². The van der Waals surface area contributed by atoms with Gasteiger partial charge in [-0.3, -0.25) is 4.57 Å². The third-order valence-corrected chi connectivity index (χ3v) is 3.01. The molecule has 0 aliphatic heterocycles. The van der Waals surface area contributed by atoms with Gasteiger partial charge in [-0.05, 0) is 10.9 Å². The number of halogens is 1. The molecule has 86 valence electrons. The van der Waals surface area contributed by atoms with Crippen LogP contribution in [-0.2, 0) is 9.29 Å². The number of aliphatic hydroxyl groups is 2. The van der Waals surface area contributed by atoms with Crippen molar-refractivity contribution in [2.75, 3.05) is 12.8 Å². The molecule has 0 saturated heterocycles. The lowest BCUT2D eigenvalue weighted by Gasteiger charge is -2.20. The second-order valence-corrected chi connectivity index (χ2v) is 4.97. The summed E-state index contributed by atoms with van der Waals surface area (Å²) in [6.45, 7) is 1.54. The van der Waals surface area contributed by atoms with Gasteiger partial charge in [-0.25, -0.2) is 0 Å². The van der Waals surface area contributed by atoms with Crippen LogP contribution in [0.3, 0.4) is 0 Å². The molecule has 0 fully saturated rings. The largest absolute Gasteiger partial charge is 0.396 e. The van der Waals surface area contributed by atoms with Crippen molar-refractivity contribution in [1.82, 2.24) is 0 Å². The van der Waals surface area contributed by atoms with Gasteiger partial charge in [-0.2, -0.15) is 0 Å². The predicted molar refractivity (Wildman–Crippen MR) is 48.4 cm³/mol. The molecular weight excluding hydrogens is 214 g/mol. The quantitative estimate of drug-likeness (QED) is 0.564. The molecular formula is C7H16FO5P. The number of aliphatic hydroxyl groups excluding tert-OH is 2. The molecule has 0 spiro atoms. The topological polar surface area (TPSA) is 87.0 Å². The van der Waals surface area contributed by atoms with Gasteiger partial charge < -0.3 is 15.1 Å². The van der Waals surface area contributed by atoms with Crippen LogP contribution in [0.4, 0.5) is 4.53 Å². The Morgan fingerprint density at radius 1 is 1.57 bits per heavy atom. The van der Waals surface area contributed by atoms with Gasteiger partial charge in [0, 0.05) is 12.5 Å². The Morgan fingerprint density at radius 2 is 2.14 bits per heavy atom. The van der Waals surface area contributed by atoms with E-state index in [9.17, 15) is 14.2 Å². The first kappa shape index (κ1) is 14.0. The lowest BCUT2D eigenvalue weighted by molar-refractivity contribution is -0.0237. The highest BCUT2D eigenvalue weighted by Gasteiger charge is 2.29. The van der Waals surface area contributed by atoms with E-state index in [0.29, 0.717) is 12.8 Å². The fraction of sp³-hybridized carbons (Fsp3) is 1.00. The third-order valence-electron chi connectivity index (χ3n) is 1.96. The molecule has 0 aliphatic rings. The molecule has 3 atom stereocenters. The van der Waals surface area contributed by atoms with Crippen LogP contribution in [0.1, 0.15) is 19.8 Å². The number of rotatable bonds is 7. The Morgan fingerprint density at radius 3 is 2.50 bits per heavy atom. The molecule has 14 heavy (non-hydrogen) atoms. The van der Waals surface area contributed by atoms with E-state index < -0.39 is 25.8 Å². The standard InChI is InChI=1S/C7H16FO5P/c1-2-3-6(4-9)7(10)5-14(11,12)13-8/h6-7,9-10H,2-5H2,1H3,(H,11,12). The summed E-state index contributed by atoms with van der Waals surface area (Å²) in [5, 5.41) is 18.2. The molecule has 0 aliphatic carbocycles. The van der Waals surface area contributed by atoms with Crippen LogP contribution in [0, 0.1) is 5.92 Å². The zero-order chi connectivity index (χ0) is 11.2. The summed E-state index contributed by atoms with van der Waals surface area (Å²) >= 11 is 0. The highest BCUT2D eigenvalue weighted by Crippen LogP contribution is 2.43. The van der Waals surface area contributed by atoms with Crippen molar-refractivity contribution < 1.29 is 28.9 Å². The Bertz CT molecular complexity index is 201. The Labute approximate surface area is 82.0 Å². The molecule has 0 bridgehead atoms. The maximum absolute atomic E-state index is 11.5. The van der Waals surface area contributed by atoms with Crippen molar-refractivity contribution in [3.8, 4) is 0 Å². The van der Waals surface area contributed by atoms with E-state index in [1.165, 1.54) is 0 Å². The number of hydrogen-bond acceptors (Lipinski definition) is 4. The summed E-state index contributed by atoms with van der Waals surface area (Å²) in [5.74, 6) is -0.518. The minimum absolute atomic E-state index is 0.304. The second kappa shape index (κ2) is 6.48. The number of hydrogen-bond donors (Lipinski definition) is 3. The zero-order valence-corrected chi connectivity index (χ0v) is 8.86. The lowest BCUT2D eigenvalue weighted by Crippen LogP contribution is -2.27. The fourth-order valence-electron chi connectivity index (χ4n) is 1.19. The van der Waals surface area contributed by atoms with Crippen molar-refractivity contribution in [2.45, 2.75) is 25.9 Å². The third kappa shape index (κ3) is 5.02. The van der Waals surface area contributed by atoms with E-state index >= 15 is 0 Å². The molecule has 0 heterocycles. The normalized spacial score (nSPS) is 20.1. The van der Waals surface area contributed by atoms with Gasteiger partial charge in [0.2, 0.25) is 0 Å². The minimum atomic E-state index is -4.35. The molecule has 0 radical (unpaired) electrons. The highest BCUT2D eigenvalue weighted by molar-refractivity contribution is 7.52. The maximum Gasteiger partial charge on any atom is 0.363 e. The Balaban J connectivity index is 4.16. The Hall–Kier alpha value is -0.0000000000000000555. The van der Waals surface area contributed by atoms with E-state index in [2.05, 4.69) is 4.73 Å². The summed E-state index contributed by atoms with van der Waals surface area (Å²) in [6.07, 6.45) is -0.709.